The highest BCUT2D eigenvalue weighted by molar-refractivity contribution is 5.93. The van der Waals surface area contributed by atoms with E-state index in [0.29, 0.717) is 6.42 Å². The van der Waals surface area contributed by atoms with E-state index in [1.54, 1.807) is 0 Å². The molecule has 0 spiro atoms. The molecule has 0 aliphatic heterocycles. The third kappa shape index (κ3) is 2.98. The molecule has 1 atom stereocenters. The van der Waals surface area contributed by atoms with Crippen molar-refractivity contribution in [2.24, 2.45) is 5.41 Å². The standard InChI is InChI=1S/C19H22O/c1-4-19(3,12-13-20)14-15(2)17-11-7-9-16-8-5-6-10-18(16)17/h5-11,13-14H,4,12H2,1-3H3/b15-14+/t19-/m0/s1. The van der Waals surface area contributed by atoms with Gasteiger partial charge >= 0.3 is 0 Å². The number of hydrogen-bond donors (Lipinski definition) is 0. The van der Waals surface area contributed by atoms with Gasteiger partial charge in [-0.1, -0.05) is 62.4 Å². The monoisotopic (exact) mass is 266 g/mol. The van der Waals surface area contributed by atoms with Gasteiger partial charge in [0.1, 0.15) is 6.29 Å². The first kappa shape index (κ1) is 14.5. The minimum atomic E-state index is -0.0528. The summed E-state index contributed by atoms with van der Waals surface area (Å²) in [5.41, 5.74) is 2.45. The predicted molar refractivity (Wildman–Crippen MR) is 86.7 cm³/mol. The lowest BCUT2D eigenvalue weighted by Crippen LogP contribution is -2.12. The van der Waals surface area contributed by atoms with Gasteiger partial charge in [-0.3, -0.25) is 0 Å². The summed E-state index contributed by atoms with van der Waals surface area (Å²) in [6.07, 6.45) is 4.82. The molecule has 0 unspecified atom stereocenters. The quantitative estimate of drug-likeness (QED) is 0.676. The number of allylic oxidation sites excluding steroid dienone is 2. The molecule has 0 radical (unpaired) electrons. The molecule has 0 saturated heterocycles. The Balaban J connectivity index is 2.50. The fourth-order valence-corrected chi connectivity index (χ4v) is 2.67. The van der Waals surface area contributed by atoms with Crippen LogP contribution < -0.4 is 0 Å². The van der Waals surface area contributed by atoms with Crippen LogP contribution in [0.1, 0.15) is 39.2 Å². The first-order valence-corrected chi connectivity index (χ1v) is 7.21. The van der Waals surface area contributed by atoms with E-state index in [2.05, 4.69) is 69.3 Å². The summed E-state index contributed by atoms with van der Waals surface area (Å²) in [6.45, 7) is 6.42. The number of aldehydes is 1. The Morgan fingerprint density at radius 3 is 2.55 bits per heavy atom. The first-order valence-electron chi connectivity index (χ1n) is 7.21. The van der Waals surface area contributed by atoms with Crippen molar-refractivity contribution in [3.63, 3.8) is 0 Å². The molecule has 0 saturated carbocycles. The van der Waals surface area contributed by atoms with Crippen molar-refractivity contribution in [2.45, 2.75) is 33.6 Å². The van der Waals surface area contributed by atoms with Crippen molar-refractivity contribution in [3.8, 4) is 0 Å². The summed E-state index contributed by atoms with van der Waals surface area (Å²) < 4.78 is 0. The normalized spacial score (nSPS) is 15.1. The van der Waals surface area contributed by atoms with Crippen molar-refractivity contribution >= 4 is 22.6 Å². The number of hydrogen-bond acceptors (Lipinski definition) is 1. The summed E-state index contributed by atoms with van der Waals surface area (Å²) in [4.78, 5) is 10.9. The van der Waals surface area contributed by atoms with Crippen LogP contribution in [0.3, 0.4) is 0 Å². The Morgan fingerprint density at radius 1 is 1.15 bits per heavy atom. The molecular weight excluding hydrogens is 244 g/mol. The van der Waals surface area contributed by atoms with Gasteiger partial charge in [-0.15, -0.1) is 0 Å². The third-order valence-electron chi connectivity index (χ3n) is 4.14. The fraction of sp³-hybridized carbons (Fsp3) is 0.316. The number of benzene rings is 2. The van der Waals surface area contributed by atoms with Crippen LogP contribution in [0.4, 0.5) is 0 Å². The second-order valence-electron chi connectivity index (χ2n) is 5.73. The van der Waals surface area contributed by atoms with Gasteiger partial charge in [0.25, 0.3) is 0 Å². The Morgan fingerprint density at radius 2 is 1.85 bits per heavy atom. The van der Waals surface area contributed by atoms with Crippen molar-refractivity contribution < 1.29 is 4.79 Å². The minimum absolute atomic E-state index is 0.0528. The van der Waals surface area contributed by atoms with Crippen LogP contribution in [0.25, 0.3) is 16.3 Å². The summed E-state index contributed by atoms with van der Waals surface area (Å²) in [7, 11) is 0. The summed E-state index contributed by atoms with van der Waals surface area (Å²) in [5.74, 6) is 0. The SMILES string of the molecule is CC[C@](C)(/C=C(\C)c1cccc2ccccc12)CC=O. The maximum absolute atomic E-state index is 10.9. The maximum Gasteiger partial charge on any atom is 0.120 e. The Bertz CT molecular complexity index is 634. The molecule has 0 aromatic heterocycles. The van der Waals surface area contributed by atoms with Gasteiger partial charge in [-0.25, -0.2) is 0 Å². The number of carbonyl (C=O) groups is 1. The maximum atomic E-state index is 10.9. The van der Waals surface area contributed by atoms with Gasteiger partial charge in [-0.05, 0) is 40.7 Å². The molecule has 0 amide bonds. The molecule has 1 heteroatoms. The molecule has 0 N–H and O–H groups in total. The molecule has 0 fully saturated rings. The minimum Gasteiger partial charge on any atom is -0.303 e. The fourth-order valence-electron chi connectivity index (χ4n) is 2.67. The molecule has 0 heterocycles. The van der Waals surface area contributed by atoms with E-state index in [1.807, 2.05) is 0 Å². The Kier molecular flexibility index (Phi) is 4.39. The van der Waals surface area contributed by atoms with Crippen LogP contribution in [0.15, 0.2) is 48.5 Å². The highest BCUT2D eigenvalue weighted by atomic mass is 16.1. The van der Waals surface area contributed by atoms with Gasteiger partial charge in [0.2, 0.25) is 0 Å². The van der Waals surface area contributed by atoms with Crippen molar-refractivity contribution in [2.75, 3.05) is 0 Å². The van der Waals surface area contributed by atoms with Crippen LogP contribution in [0.2, 0.25) is 0 Å². The highest BCUT2D eigenvalue weighted by Crippen LogP contribution is 2.32. The topological polar surface area (TPSA) is 17.1 Å². The predicted octanol–water partition coefficient (Wildman–Crippen LogP) is 5.25. The van der Waals surface area contributed by atoms with Crippen LogP contribution in [-0.4, -0.2) is 6.29 Å². The highest BCUT2D eigenvalue weighted by Gasteiger charge is 2.19. The lowest BCUT2D eigenvalue weighted by molar-refractivity contribution is -0.109. The molecule has 20 heavy (non-hydrogen) atoms. The van der Waals surface area contributed by atoms with Gasteiger partial charge in [0.15, 0.2) is 0 Å². The molecular formula is C19H22O. The third-order valence-corrected chi connectivity index (χ3v) is 4.14. The van der Waals surface area contributed by atoms with E-state index in [-0.39, 0.29) is 5.41 Å². The van der Waals surface area contributed by atoms with E-state index < -0.39 is 0 Å². The lowest BCUT2D eigenvalue weighted by Gasteiger charge is -2.23. The zero-order valence-corrected chi connectivity index (χ0v) is 12.5. The molecule has 1 nitrogen and oxygen atoms in total. The Hall–Kier alpha value is -1.89. The second-order valence-corrected chi connectivity index (χ2v) is 5.73. The summed E-state index contributed by atoms with van der Waals surface area (Å²) in [6, 6.07) is 14.8. The smallest absolute Gasteiger partial charge is 0.120 e. The molecule has 0 bridgehead atoms. The molecule has 0 aliphatic rings. The van der Waals surface area contributed by atoms with Gasteiger partial charge in [0, 0.05) is 6.42 Å². The van der Waals surface area contributed by atoms with E-state index in [4.69, 9.17) is 0 Å². The number of fused-ring (bicyclic) bond motifs is 1. The zero-order chi connectivity index (χ0) is 14.6. The molecule has 104 valence electrons. The second kappa shape index (κ2) is 6.04. The van der Waals surface area contributed by atoms with Crippen LogP contribution in [0, 0.1) is 5.41 Å². The van der Waals surface area contributed by atoms with Crippen LogP contribution in [0.5, 0.6) is 0 Å². The summed E-state index contributed by atoms with van der Waals surface area (Å²) in [5, 5.41) is 2.53. The largest absolute Gasteiger partial charge is 0.303 e. The lowest BCUT2D eigenvalue weighted by atomic mass is 9.81. The van der Waals surface area contributed by atoms with E-state index in [1.165, 1.54) is 21.9 Å². The number of rotatable bonds is 5. The zero-order valence-electron chi connectivity index (χ0n) is 12.5. The number of carbonyl (C=O) groups excluding carboxylic acids is 1. The average Bonchev–Trinajstić information content (AvgIpc) is 2.46. The van der Waals surface area contributed by atoms with Crippen molar-refractivity contribution in [1.29, 1.82) is 0 Å². The van der Waals surface area contributed by atoms with Gasteiger partial charge in [-0.2, -0.15) is 0 Å². The van der Waals surface area contributed by atoms with Crippen LogP contribution in [-0.2, 0) is 4.79 Å². The first-order chi connectivity index (χ1) is 9.59. The van der Waals surface area contributed by atoms with Crippen LogP contribution >= 0.6 is 0 Å². The van der Waals surface area contributed by atoms with E-state index in [9.17, 15) is 4.79 Å². The average molecular weight is 266 g/mol. The van der Waals surface area contributed by atoms with E-state index >= 15 is 0 Å². The van der Waals surface area contributed by atoms with Crippen molar-refractivity contribution in [3.05, 3.63) is 54.1 Å². The van der Waals surface area contributed by atoms with Gasteiger partial charge in [0.05, 0.1) is 0 Å². The van der Waals surface area contributed by atoms with E-state index in [0.717, 1.165) is 12.7 Å². The molecule has 2 aromatic carbocycles. The molecule has 2 rings (SSSR count). The van der Waals surface area contributed by atoms with Crippen molar-refractivity contribution in [1.82, 2.24) is 0 Å². The Labute approximate surface area is 121 Å². The summed E-state index contributed by atoms with van der Waals surface area (Å²) >= 11 is 0. The molecule has 0 aliphatic carbocycles. The molecule has 2 aromatic rings. The van der Waals surface area contributed by atoms with Gasteiger partial charge < -0.3 is 4.79 Å².